The molecule has 0 aliphatic heterocycles. The van der Waals surface area contributed by atoms with Crippen LogP contribution in [0.5, 0.6) is 0 Å². The zero-order chi connectivity index (χ0) is 24.3. The molecule has 2 amide bonds. The summed E-state index contributed by atoms with van der Waals surface area (Å²) in [7, 11) is -3.50. The van der Waals surface area contributed by atoms with Crippen LogP contribution in [0.2, 0.25) is 0 Å². The Hall–Kier alpha value is -3.22. The van der Waals surface area contributed by atoms with Crippen molar-refractivity contribution < 1.29 is 18.0 Å². The Labute approximate surface area is 195 Å². The van der Waals surface area contributed by atoms with E-state index >= 15 is 0 Å². The largest absolute Gasteiger partial charge is 0.352 e. The van der Waals surface area contributed by atoms with Crippen LogP contribution in [0.4, 0.5) is 5.69 Å². The third-order valence-corrected chi connectivity index (χ3v) is 6.26. The lowest BCUT2D eigenvalue weighted by Gasteiger charge is -2.21. The molecule has 0 aliphatic carbocycles. The van der Waals surface area contributed by atoms with E-state index in [1.165, 1.54) is 4.90 Å². The minimum absolute atomic E-state index is 0.000487. The Balaban J connectivity index is 1.94. The Morgan fingerprint density at radius 3 is 2.27 bits per heavy atom. The Morgan fingerprint density at radius 2 is 1.64 bits per heavy atom. The van der Waals surface area contributed by atoms with Gasteiger partial charge < -0.3 is 10.2 Å². The second-order valence-electron chi connectivity index (χ2n) is 7.87. The topological polar surface area (TPSA) is 119 Å². The van der Waals surface area contributed by atoms with Gasteiger partial charge in [0.15, 0.2) is 0 Å². The van der Waals surface area contributed by atoms with Crippen LogP contribution in [0.3, 0.4) is 0 Å². The molecule has 2 N–H and O–H groups in total. The van der Waals surface area contributed by atoms with E-state index in [1.807, 2.05) is 24.3 Å². The fourth-order valence-electron chi connectivity index (χ4n) is 3.28. The van der Waals surface area contributed by atoms with Gasteiger partial charge in [-0.25, -0.2) is 13.1 Å². The first-order valence-electron chi connectivity index (χ1n) is 10.8. The molecule has 0 atom stereocenters. The summed E-state index contributed by atoms with van der Waals surface area (Å²) in [6, 6.07) is 17.9. The molecule has 8 nitrogen and oxygen atoms in total. The normalized spacial score (nSPS) is 11.1. The van der Waals surface area contributed by atoms with Gasteiger partial charge in [0.25, 0.3) is 0 Å². The molecule has 0 aliphatic rings. The maximum atomic E-state index is 12.7. The smallest absolute Gasteiger partial charge is 0.227 e. The summed E-state index contributed by atoms with van der Waals surface area (Å²) in [5, 5.41) is 11.6. The number of carbonyl (C=O) groups excluding carboxylic acids is 2. The summed E-state index contributed by atoms with van der Waals surface area (Å²) in [5.41, 5.74) is 1.99. The zero-order valence-electron chi connectivity index (χ0n) is 19.0. The van der Waals surface area contributed by atoms with Gasteiger partial charge in [-0.1, -0.05) is 42.5 Å². The molecule has 0 radical (unpaired) electrons. The van der Waals surface area contributed by atoms with Crippen molar-refractivity contribution >= 4 is 27.5 Å². The van der Waals surface area contributed by atoms with Crippen LogP contribution < -0.4 is 14.9 Å². The van der Waals surface area contributed by atoms with Gasteiger partial charge >= 0.3 is 0 Å². The summed E-state index contributed by atoms with van der Waals surface area (Å²) in [6.07, 6.45) is 0.183. The first-order valence-corrected chi connectivity index (χ1v) is 12.4. The number of hydrogen-bond donors (Lipinski definition) is 2. The molecule has 0 heterocycles. The molecule has 176 valence electrons. The van der Waals surface area contributed by atoms with Gasteiger partial charge in [0.1, 0.15) is 0 Å². The highest BCUT2D eigenvalue weighted by Crippen LogP contribution is 2.16. The summed E-state index contributed by atoms with van der Waals surface area (Å²) < 4.78 is 27.1. The number of para-hydroxylation sites is 1. The first kappa shape index (κ1) is 26.0. The lowest BCUT2D eigenvalue weighted by atomic mass is 10.1. The van der Waals surface area contributed by atoms with Crippen molar-refractivity contribution in [2.75, 3.05) is 11.4 Å². The van der Waals surface area contributed by atoms with E-state index in [1.54, 1.807) is 50.2 Å². The van der Waals surface area contributed by atoms with Crippen LogP contribution in [-0.2, 0) is 31.9 Å². The van der Waals surface area contributed by atoms with Crippen molar-refractivity contribution in [2.45, 2.75) is 51.4 Å². The van der Waals surface area contributed by atoms with Crippen molar-refractivity contribution in [2.24, 2.45) is 0 Å². The SMILES string of the molecule is CC(C)NS(=O)(=O)Cc1ccccc1CNC(=O)CCC(=O)N(CCC#N)c1ccccc1. The van der Waals surface area contributed by atoms with E-state index in [2.05, 4.69) is 10.0 Å². The van der Waals surface area contributed by atoms with Gasteiger partial charge in [0, 0.05) is 37.7 Å². The lowest BCUT2D eigenvalue weighted by molar-refractivity contribution is -0.125. The Kier molecular flexibility index (Phi) is 10.0. The molecule has 2 rings (SSSR count). The third-order valence-electron chi connectivity index (χ3n) is 4.74. The van der Waals surface area contributed by atoms with Crippen molar-refractivity contribution in [1.29, 1.82) is 5.26 Å². The number of sulfonamides is 1. The van der Waals surface area contributed by atoms with Gasteiger partial charge in [-0.2, -0.15) is 5.26 Å². The fraction of sp³-hybridized carbons (Fsp3) is 0.375. The maximum Gasteiger partial charge on any atom is 0.227 e. The molecule has 0 saturated heterocycles. The molecule has 0 aromatic heterocycles. The van der Waals surface area contributed by atoms with E-state index in [9.17, 15) is 18.0 Å². The molecule has 9 heteroatoms. The second-order valence-corrected chi connectivity index (χ2v) is 9.62. The average molecular weight is 471 g/mol. The molecular weight excluding hydrogens is 440 g/mol. The van der Waals surface area contributed by atoms with Crippen molar-refractivity contribution in [3.05, 3.63) is 65.7 Å². The van der Waals surface area contributed by atoms with Crippen LogP contribution in [0, 0.1) is 11.3 Å². The quantitative estimate of drug-likeness (QED) is 0.494. The van der Waals surface area contributed by atoms with Crippen LogP contribution in [0.15, 0.2) is 54.6 Å². The summed E-state index contributed by atoms with van der Waals surface area (Å²) in [5.74, 6) is -0.729. The van der Waals surface area contributed by atoms with Crippen LogP contribution in [0.25, 0.3) is 0 Å². The molecule has 0 saturated carbocycles. The highest BCUT2D eigenvalue weighted by Gasteiger charge is 2.18. The molecule has 0 bridgehead atoms. The number of rotatable bonds is 12. The van der Waals surface area contributed by atoms with Crippen molar-refractivity contribution in [1.82, 2.24) is 10.0 Å². The summed E-state index contributed by atoms with van der Waals surface area (Å²) >= 11 is 0. The first-order chi connectivity index (χ1) is 15.7. The van der Waals surface area contributed by atoms with Gasteiger partial charge in [-0.05, 0) is 37.1 Å². The van der Waals surface area contributed by atoms with Crippen LogP contribution >= 0.6 is 0 Å². The standard InChI is InChI=1S/C24H30N4O4S/c1-19(2)27-33(31,32)18-21-10-7-6-9-20(21)17-26-23(29)13-14-24(30)28(16-8-15-25)22-11-4-3-5-12-22/h3-7,9-12,19,27H,8,13-14,16-18H2,1-2H3,(H,26,29). The maximum absolute atomic E-state index is 12.7. The van der Waals surface area contributed by atoms with Crippen LogP contribution in [0.1, 0.15) is 44.2 Å². The predicted octanol–water partition coefficient (Wildman–Crippen LogP) is 2.86. The number of nitrogens with zero attached hydrogens (tertiary/aromatic N) is 2. The number of benzene rings is 2. The average Bonchev–Trinajstić information content (AvgIpc) is 2.77. The van der Waals surface area contributed by atoms with Crippen molar-refractivity contribution in [3.63, 3.8) is 0 Å². The molecule has 2 aromatic rings. The predicted molar refractivity (Wildman–Crippen MR) is 127 cm³/mol. The van der Waals surface area contributed by atoms with Gasteiger partial charge in [-0.3, -0.25) is 9.59 Å². The van der Waals surface area contributed by atoms with E-state index in [0.717, 1.165) is 0 Å². The molecule has 33 heavy (non-hydrogen) atoms. The van der Waals surface area contributed by atoms with E-state index in [0.29, 0.717) is 16.8 Å². The number of nitrogens with one attached hydrogen (secondary N) is 2. The zero-order valence-corrected chi connectivity index (χ0v) is 19.8. The lowest BCUT2D eigenvalue weighted by Crippen LogP contribution is -2.33. The van der Waals surface area contributed by atoms with E-state index in [-0.39, 0.29) is 56.0 Å². The Morgan fingerprint density at radius 1 is 1.00 bits per heavy atom. The highest BCUT2D eigenvalue weighted by atomic mass is 32.2. The monoisotopic (exact) mass is 470 g/mol. The van der Waals surface area contributed by atoms with Crippen molar-refractivity contribution in [3.8, 4) is 6.07 Å². The minimum Gasteiger partial charge on any atom is -0.352 e. The molecule has 2 aromatic carbocycles. The molecule has 0 fully saturated rings. The number of amides is 2. The number of nitriles is 1. The molecular formula is C24H30N4O4S. The van der Waals surface area contributed by atoms with E-state index < -0.39 is 10.0 Å². The van der Waals surface area contributed by atoms with E-state index in [4.69, 9.17) is 5.26 Å². The Bertz CT molecular complexity index is 1080. The minimum atomic E-state index is -3.50. The second kappa shape index (κ2) is 12.7. The van der Waals surface area contributed by atoms with Gasteiger partial charge in [0.05, 0.1) is 18.2 Å². The number of hydrogen-bond acceptors (Lipinski definition) is 5. The third kappa shape index (κ3) is 9.04. The van der Waals surface area contributed by atoms with Gasteiger partial charge in [0.2, 0.25) is 21.8 Å². The summed E-state index contributed by atoms with van der Waals surface area (Å²) in [6.45, 7) is 3.93. The van der Waals surface area contributed by atoms with Gasteiger partial charge in [-0.15, -0.1) is 0 Å². The number of carbonyl (C=O) groups is 2. The molecule has 0 spiro atoms. The highest BCUT2D eigenvalue weighted by molar-refractivity contribution is 7.88. The summed E-state index contributed by atoms with van der Waals surface area (Å²) in [4.78, 5) is 26.6. The van der Waals surface area contributed by atoms with Crippen LogP contribution in [-0.4, -0.2) is 32.8 Å². The number of anilines is 1. The molecule has 0 unspecified atom stereocenters. The fourth-order valence-corrected chi connectivity index (χ4v) is 4.77.